The molecule has 1 aromatic heterocycles. The number of anilines is 1. The van der Waals surface area contributed by atoms with Gasteiger partial charge in [-0.3, -0.25) is 0 Å². The molecule has 86 valence electrons. The monoisotopic (exact) mass is 237 g/mol. The fourth-order valence-corrected chi connectivity index (χ4v) is 3.24. The Morgan fingerprint density at radius 2 is 2.31 bits per heavy atom. The van der Waals surface area contributed by atoms with Crippen molar-refractivity contribution < 1.29 is 4.74 Å². The van der Waals surface area contributed by atoms with Crippen molar-refractivity contribution in [1.29, 1.82) is 0 Å². The lowest BCUT2D eigenvalue weighted by Crippen LogP contribution is -2.10. The maximum atomic E-state index is 5.40. The molecule has 1 fully saturated rings. The molecule has 0 aromatic carbocycles. The minimum atomic E-state index is 0.392. The molecule has 3 rings (SSSR count). The molecule has 5 heteroatoms. The van der Waals surface area contributed by atoms with E-state index in [0.717, 1.165) is 42.8 Å². The topological polar surface area (TPSA) is 47.0 Å². The van der Waals surface area contributed by atoms with E-state index in [1.54, 1.807) is 0 Å². The van der Waals surface area contributed by atoms with Gasteiger partial charge in [-0.25, -0.2) is 9.97 Å². The molecule has 4 nitrogen and oxygen atoms in total. The van der Waals surface area contributed by atoms with Crippen molar-refractivity contribution >= 4 is 17.6 Å². The first-order valence-electron chi connectivity index (χ1n) is 5.61. The zero-order valence-electron chi connectivity index (χ0n) is 9.32. The predicted molar refractivity (Wildman–Crippen MR) is 64.8 cm³/mol. The third-order valence-corrected chi connectivity index (χ3v) is 4.10. The van der Waals surface area contributed by atoms with Crippen LogP contribution in [0.15, 0.2) is 0 Å². The molecule has 0 aliphatic carbocycles. The van der Waals surface area contributed by atoms with Crippen LogP contribution in [0.2, 0.25) is 0 Å². The van der Waals surface area contributed by atoms with Crippen LogP contribution in [0, 0.1) is 0 Å². The third-order valence-electron chi connectivity index (χ3n) is 3.13. The van der Waals surface area contributed by atoms with E-state index in [1.807, 2.05) is 18.8 Å². The van der Waals surface area contributed by atoms with Gasteiger partial charge in [0.1, 0.15) is 11.6 Å². The molecule has 2 aliphatic heterocycles. The Morgan fingerprint density at radius 3 is 3.06 bits per heavy atom. The second-order valence-electron chi connectivity index (χ2n) is 4.16. The molecule has 0 amide bonds. The van der Waals surface area contributed by atoms with E-state index < -0.39 is 0 Å². The number of nitrogens with one attached hydrogen (secondary N) is 1. The number of fused-ring (bicyclic) bond motifs is 1. The standard InChI is InChI=1S/C11H15N3OS/c1-12-11-8-5-16-6-9(8)13-10(14-11)7-2-3-15-4-7/h7H,2-6H2,1H3,(H,12,13,14). The van der Waals surface area contributed by atoms with Crippen molar-refractivity contribution in [2.24, 2.45) is 0 Å². The molecule has 0 radical (unpaired) electrons. The lowest BCUT2D eigenvalue weighted by Gasteiger charge is -2.11. The number of thioether (sulfide) groups is 1. The molecule has 2 aliphatic rings. The van der Waals surface area contributed by atoms with Gasteiger partial charge in [0.05, 0.1) is 12.3 Å². The van der Waals surface area contributed by atoms with Crippen LogP contribution >= 0.6 is 11.8 Å². The van der Waals surface area contributed by atoms with Gasteiger partial charge in [0.15, 0.2) is 0 Å². The van der Waals surface area contributed by atoms with Crippen molar-refractivity contribution in [3.8, 4) is 0 Å². The van der Waals surface area contributed by atoms with E-state index in [2.05, 4.69) is 10.3 Å². The first-order valence-corrected chi connectivity index (χ1v) is 6.77. The van der Waals surface area contributed by atoms with Crippen molar-refractivity contribution in [2.75, 3.05) is 25.6 Å². The normalized spacial score (nSPS) is 23.4. The quantitative estimate of drug-likeness (QED) is 0.849. The lowest BCUT2D eigenvalue weighted by atomic mass is 10.1. The highest BCUT2D eigenvalue weighted by Crippen LogP contribution is 2.34. The van der Waals surface area contributed by atoms with Gasteiger partial charge in [0, 0.05) is 36.6 Å². The summed E-state index contributed by atoms with van der Waals surface area (Å²) < 4.78 is 5.40. The van der Waals surface area contributed by atoms with Gasteiger partial charge in [0.2, 0.25) is 0 Å². The minimum absolute atomic E-state index is 0.392. The summed E-state index contributed by atoms with van der Waals surface area (Å²) in [6, 6.07) is 0. The van der Waals surface area contributed by atoms with Crippen molar-refractivity contribution in [2.45, 2.75) is 23.8 Å². The Hall–Kier alpha value is -0.810. The summed E-state index contributed by atoms with van der Waals surface area (Å²) in [5.41, 5.74) is 2.50. The first kappa shape index (κ1) is 10.4. The fourth-order valence-electron chi connectivity index (χ4n) is 2.20. The van der Waals surface area contributed by atoms with Crippen LogP contribution in [0.3, 0.4) is 0 Å². The van der Waals surface area contributed by atoms with Crippen molar-refractivity contribution in [1.82, 2.24) is 9.97 Å². The molecule has 1 N–H and O–H groups in total. The highest BCUT2D eigenvalue weighted by atomic mass is 32.2. The number of aromatic nitrogens is 2. The van der Waals surface area contributed by atoms with Crippen LogP contribution in [-0.4, -0.2) is 30.2 Å². The molecule has 16 heavy (non-hydrogen) atoms. The Morgan fingerprint density at radius 1 is 1.38 bits per heavy atom. The molecular formula is C11H15N3OS. The average molecular weight is 237 g/mol. The lowest BCUT2D eigenvalue weighted by molar-refractivity contribution is 0.193. The minimum Gasteiger partial charge on any atom is -0.381 e. The number of hydrogen-bond acceptors (Lipinski definition) is 5. The number of nitrogens with zero attached hydrogens (tertiary/aromatic N) is 2. The summed E-state index contributed by atoms with van der Waals surface area (Å²) in [7, 11) is 1.93. The van der Waals surface area contributed by atoms with Gasteiger partial charge in [0.25, 0.3) is 0 Å². The SMILES string of the molecule is CNc1nc(C2CCOC2)nc2c1CSC2. The van der Waals surface area contributed by atoms with Crippen LogP contribution in [0.4, 0.5) is 5.82 Å². The smallest absolute Gasteiger partial charge is 0.136 e. The third kappa shape index (κ3) is 1.68. The molecule has 1 saturated heterocycles. The highest BCUT2D eigenvalue weighted by Gasteiger charge is 2.25. The Balaban J connectivity index is 2.00. The number of rotatable bonds is 2. The summed E-state index contributed by atoms with van der Waals surface area (Å²) >= 11 is 1.91. The van der Waals surface area contributed by atoms with E-state index in [1.165, 1.54) is 11.3 Å². The molecule has 0 spiro atoms. The maximum Gasteiger partial charge on any atom is 0.136 e. The van der Waals surface area contributed by atoms with Crippen LogP contribution < -0.4 is 5.32 Å². The second-order valence-corrected chi connectivity index (χ2v) is 5.14. The van der Waals surface area contributed by atoms with E-state index in [-0.39, 0.29) is 0 Å². The summed E-state index contributed by atoms with van der Waals surface area (Å²) in [5.74, 6) is 4.42. The van der Waals surface area contributed by atoms with Crippen molar-refractivity contribution in [3.63, 3.8) is 0 Å². The summed E-state index contributed by atoms with van der Waals surface area (Å²) in [4.78, 5) is 9.32. The number of hydrogen-bond donors (Lipinski definition) is 1. The van der Waals surface area contributed by atoms with Gasteiger partial charge < -0.3 is 10.1 Å². The van der Waals surface area contributed by atoms with E-state index >= 15 is 0 Å². The van der Waals surface area contributed by atoms with E-state index in [9.17, 15) is 0 Å². The molecule has 1 unspecified atom stereocenters. The Kier molecular flexibility index (Phi) is 2.73. The van der Waals surface area contributed by atoms with Gasteiger partial charge in [-0.15, -0.1) is 0 Å². The molecule has 1 aromatic rings. The highest BCUT2D eigenvalue weighted by molar-refractivity contribution is 7.98. The molecule has 3 heterocycles. The molecular weight excluding hydrogens is 222 g/mol. The van der Waals surface area contributed by atoms with Crippen LogP contribution in [-0.2, 0) is 16.2 Å². The predicted octanol–water partition coefficient (Wildman–Crippen LogP) is 1.77. The summed E-state index contributed by atoms with van der Waals surface area (Å²) in [6.45, 7) is 1.61. The van der Waals surface area contributed by atoms with Gasteiger partial charge >= 0.3 is 0 Å². The first-order chi connectivity index (χ1) is 7.88. The Bertz CT molecular complexity index is 404. The van der Waals surface area contributed by atoms with Crippen LogP contribution in [0.5, 0.6) is 0 Å². The molecule has 0 bridgehead atoms. The summed E-state index contributed by atoms with van der Waals surface area (Å²) in [6.07, 6.45) is 1.05. The maximum absolute atomic E-state index is 5.40. The Labute approximate surface area is 99.2 Å². The average Bonchev–Trinajstić information content (AvgIpc) is 2.97. The van der Waals surface area contributed by atoms with Gasteiger partial charge in [-0.2, -0.15) is 11.8 Å². The van der Waals surface area contributed by atoms with Gasteiger partial charge in [-0.1, -0.05) is 0 Å². The van der Waals surface area contributed by atoms with Crippen LogP contribution in [0.1, 0.15) is 29.4 Å². The fraction of sp³-hybridized carbons (Fsp3) is 0.636. The zero-order valence-corrected chi connectivity index (χ0v) is 10.1. The number of ether oxygens (including phenoxy) is 1. The molecule has 0 saturated carbocycles. The molecule has 1 atom stereocenters. The largest absolute Gasteiger partial charge is 0.381 e. The van der Waals surface area contributed by atoms with Crippen molar-refractivity contribution in [3.05, 3.63) is 17.1 Å². The van der Waals surface area contributed by atoms with Crippen LogP contribution in [0.25, 0.3) is 0 Å². The van der Waals surface area contributed by atoms with E-state index in [0.29, 0.717) is 5.92 Å². The zero-order chi connectivity index (χ0) is 11.0. The second kappa shape index (κ2) is 4.22. The summed E-state index contributed by atoms with van der Waals surface area (Å²) in [5, 5.41) is 3.19. The van der Waals surface area contributed by atoms with Gasteiger partial charge in [-0.05, 0) is 6.42 Å². The van der Waals surface area contributed by atoms with E-state index in [4.69, 9.17) is 9.72 Å².